The Balaban J connectivity index is 1.70. The molecule has 34 heavy (non-hydrogen) atoms. The van der Waals surface area contributed by atoms with Crippen LogP contribution in [0.3, 0.4) is 0 Å². The van der Waals surface area contributed by atoms with Crippen molar-refractivity contribution in [1.29, 1.82) is 5.26 Å². The maximum Gasteiger partial charge on any atom is 0.0995 e. The van der Waals surface area contributed by atoms with E-state index in [-0.39, 0.29) is 0 Å². The summed E-state index contributed by atoms with van der Waals surface area (Å²) in [6.45, 7) is 2.03. The molecule has 0 aliphatic carbocycles. The largest absolute Gasteiger partial charge is 0.309 e. The monoisotopic (exact) mass is 434 g/mol. The summed E-state index contributed by atoms with van der Waals surface area (Å²) in [6, 6.07) is 42.7. The number of hydrogen-bond donors (Lipinski definition) is 0. The number of nitriles is 1. The van der Waals surface area contributed by atoms with Crippen molar-refractivity contribution in [3.05, 3.63) is 126 Å². The first-order valence-corrected chi connectivity index (χ1v) is 11.4. The van der Waals surface area contributed by atoms with E-state index in [1.165, 1.54) is 33.0 Å². The van der Waals surface area contributed by atoms with Crippen LogP contribution in [0.4, 0.5) is 0 Å². The Kier molecular flexibility index (Phi) is 4.75. The van der Waals surface area contributed by atoms with Gasteiger partial charge >= 0.3 is 0 Å². The molecule has 6 aromatic rings. The predicted molar refractivity (Wildman–Crippen MR) is 141 cm³/mol. The Bertz CT molecular complexity index is 1600. The first-order valence-electron chi connectivity index (χ1n) is 11.4. The summed E-state index contributed by atoms with van der Waals surface area (Å²) in [5, 5.41) is 12.0. The molecule has 0 radical (unpaired) electrons. The van der Waals surface area contributed by atoms with Gasteiger partial charge in [-0.1, -0.05) is 78.9 Å². The van der Waals surface area contributed by atoms with E-state index in [0.29, 0.717) is 5.56 Å². The van der Waals surface area contributed by atoms with Gasteiger partial charge in [0, 0.05) is 10.8 Å². The highest BCUT2D eigenvalue weighted by Crippen LogP contribution is 2.38. The van der Waals surface area contributed by atoms with Crippen LogP contribution in [0.2, 0.25) is 0 Å². The first-order chi connectivity index (χ1) is 16.7. The minimum atomic E-state index is 0.703. The predicted octanol–water partition coefficient (Wildman–Crippen LogP) is 8.30. The van der Waals surface area contributed by atoms with Gasteiger partial charge in [0.2, 0.25) is 0 Å². The third-order valence-corrected chi connectivity index (χ3v) is 6.65. The van der Waals surface area contributed by atoms with Crippen LogP contribution in [-0.4, -0.2) is 4.57 Å². The number of fused-ring (bicyclic) bond motifs is 3. The third kappa shape index (κ3) is 3.18. The zero-order valence-electron chi connectivity index (χ0n) is 18.9. The molecule has 1 heterocycles. The Morgan fingerprint density at radius 1 is 0.559 bits per heavy atom. The number of nitrogens with zero attached hydrogens (tertiary/aromatic N) is 2. The van der Waals surface area contributed by atoms with Crippen LogP contribution < -0.4 is 0 Å². The zero-order chi connectivity index (χ0) is 23.1. The highest BCUT2D eigenvalue weighted by molar-refractivity contribution is 6.11. The molecule has 5 aromatic carbocycles. The lowest BCUT2D eigenvalue weighted by molar-refractivity contribution is 1.14. The summed E-state index contributed by atoms with van der Waals surface area (Å²) >= 11 is 0. The van der Waals surface area contributed by atoms with Crippen LogP contribution in [0, 0.1) is 18.3 Å². The van der Waals surface area contributed by atoms with Crippen LogP contribution >= 0.6 is 0 Å². The molecule has 1 aromatic heterocycles. The molecule has 2 heteroatoms. The molecule has 160 valence electrons. The summed E-state index contributed by atoms with van der Waals surface area (Å²) in [4.78, 5) is 0. The van der Waals surface area contributed by atoms with Gasteiger partial charge in [-0.25, -0.2) is 0 Å². The second-order valence-corrected chi connectivity index (χ2v) is 8.59. The lowest BCUT2D eigenvalue weighted by atomic mass is 10.0. The van der Waals surface area contributed by atoms with E-state index in [2.05, 4.69) is 102 Å². The minimum Gasteiger partial charge on any atom is -0.309 e. The standard InChI is InChI=1S/C32H22N2/c1-22-27(21-33)13-8-14-30(22)34-31-17-15-25(23-9-4-2-5-10-23)19-28(31)29-20-26(16-18-32(29)34)24-11-6-3-7-12-24/h2-20H,1H3. The van der Waals surface area contributed by atoms with E-state index in [4.69, 9.17) is 0 Å². The first kappa shape index (κ1) is 20.0. The van der Waals surface area contributed by atoms with Crippen LogP contribution in [0.5, 0.6) is 0 Å². The molecular weight excluding hydrogens is 412 g/mol. The number of benzene rings is 5. The summed E-state index contributed by atoms with van der Waals surface area (Å²) in [6.07, 6.45) is 0. The van der Waals surface area contributed by atoms with Crippen molar-refractivity contribution >= 4 is 21.8 Å². The average Bonchev–Trinajstić information content (AvgIpc) is 3.22. The van der Waals surface area contributed by atoms with Crippen molar-refractivity contribution in [2.75, 3.05) is 0 Å². The van der Waals surface area contributed by atoms with Crippen molar-refractivity contribution in [3.63, 3.8) is 0 Å². The number of hydrogen-bond acceptors (Lipinski definition) is 1. The minimum absolute atomic E-state index is 0.703. The Morgan fingerprint density at radius 3 is 1.59 bits per heavy atom. The Labute approximate surface area is 199 Å². The van der Waals surface area contributed by atoms with Crippen molar-refractivity contribution < 1.29 is 0 Å². The second kappa shape index (κ2) is 8.06. The van der Waals surface area contributed by atoms with E-state index in [1.54, 1.807) is 0 Å². The van der Waals surface area contributed by atoms with Gasteiger partial charge in [-0.15, -0.1) is 0 Å². The van der Waals surface area contributed by atoms with Crippen LogP contribution in [0.15, 0.2) is 115 Å². The molecule has 0 N–H and O–H groups in total. The highest BCUT2D eigenvalue weighted by Gasteiger charge is 2.16. The normalized spacial score (nSPS) is 11.1. The van der Waals surface area contributed by atoms with Gasteiger partial charge in [-0.2, -0.15) is 5.26 Å². The van der Waals surface area contributed by atoms with E-state index >= 15 is 0 Å². The summed E-state index contributed by atoms with van der Waals surface area (Å²) in [5.41, 5.74) is 9.80. The highest BCUT2D eigenvalue weighted by atomic mass is 15.0. The molecule has 0 aliphatic heterocycles. The molecule has 0 amide bonds. The van der Waals surface area contributed by atoms with E-state index in [9.17, 15) is 5.26 Å². The molecule has 0 bridgehead atoms. The lowest BCUT2D eigenvalue weighted by Gasteiger charge is -2.12. The fourth-order valence-electron chi connectivity index (χ4n) is 4.89. The van der Waals surface area contributed by atoms with Gasteiger partial charge < -0.3 is 4.57 Å². The van der Waals surface area contributed by atoms with Crippen molar-refractivity contribution in [2.45, 2.75) is 6.92 Å². The Morgan fingerprint density at radius 2 is 1.09 bits per heavy atom. The molecular formula is C32H22N2. The van der Waals surface area contributed by atoms with Crippen molar-refractivity contribution in [1.82, 2.24) is 4.57 Å². The smallest absolute Gasteiger partial charge is 0.0995 e. The van der Waals surface area contributed by atoms with Crippen LogP contribution in [0.25, 0.3) is 49.7 Å². The molecule has 2 nitrogen and oxygen atoms in total. The fraction of sp³-hybridized carbons (Fsp3) is 0.0312. The van der Waals surface area contributed by atoms with Gasteiger partial charge in [0.25, 0.3) is 0 Å². The van der Waals surface area contributed by atoms with Gasteiger partial charge in [0.15, 0.2) is 0 Å². The SMILES string of the molecule is Cc1c(C#N)cccc1-n1c2ccc(-c3ccccc3)cc2c2cc(-c3ccccc3)ccc21. The maximum absolute atomic E-state index is 9.63. The Hall–Kier alpha value is -4.61. The number of rotatable bonds is 3. The maximum atomic E-state index is 9.63. The molecule has 0 saturated carbocycles. The summed E-state index contributed by atoms with van der Waals surface area (Å²) < 4.78 is 2.30. The van der Waals surface area contributed by atoms with Gasteiger partial charge in [0.05, 0.1) is 28.4 Å². The number of aromatic nitrogens is 1. The molecule has 0 saturated heterocycles. The van der Waals surface area contributed by atoms with Gasteiger partial charge in [-0.05, 0) is 71.1 Å². The molecule has 0 atom stereocenters. The molecule has 0 aliphatic rings. The van der Waals surface area contributed by atoms with Crippen molar-refractivity contribution in [3.8, 4) is 34.0 Å². The van der Waals surface area contributed by atoms with Crippen LogP contribution in [-0.2, 0) is 0 Å². The summed E-state index contributed by atoms with van der Waals surface area (Å²) in [7, 11) is 0. The molecule has 0 spiro atoms. The van der Waals surface area contributed by atoms with E-state index < -0.39 is 0 Å². The zero-order valence-corrected chi connectivity index (χ0v) is 18.9. The van der Waals surface area contributed by atoms with Gasteiger partial charge in [-0.3, -0.25) is 0 Å². The van der Waals surface area contributed by atoms with Crippen LogP contribution in [0.1, 0.15) is 11.1 Å². The topological polar surface area (TPSA) is 28.7 Å². The van der Waals surface area contributed by atoms with Gasteiger partial charge in [0.1, 0.15) is 0 Å². The molecule has 0 unspecified atom stereocenters. The van der Waals surface area contributed by atoms with Crippen molar-refractivity contribution in [2.24, 2.45) is 0 Å². The third-order valence-electron chi connectivity index (χ3n) is 6.65. The average molecular weight is 435 g/mol. The fourth-order valence-corrected chi connectivity index (χ4v) is 4.89. The second-order valence-electron chi connectivity index (χ2n) is 8.59. The van der Waals surface area contributed by atoms with E-state index in [0.717, 1.165) is 22.3 Å². The molecule has 6 rings (SSSR count). The quantitative estimate of drug-likeness (QED) is 0.275. The lowest BCUT2D eigenvalue weighted by Crippen LogP contribution is -1.98. The summed E-state index contributed by atoms with van der Waals surface area (Å²) in [5.74, 6) is 0. The molecule has 0 fully saturated rings. The van der Waals surface area contributed by atoms with E-state index in [1.807, 2.05) is 31.2 Å².